The standard InChI is InChI=1S/C20H23BrN4O3/c1-13-11-14(6-7-17(13)21)23-20(27)25-10-8-15(12-25)28-18-16(5-4-9-22-18)19(26)24(2)3/h4-7,9,11,15H,8,10,12H2,1-3H3,(H,23,27). The minimum Gasteiger partial charge on any atom is -0.472 e. The highest BCUT2D eigenvalue weighted by molar-refractivity contribution is 9.10. The van der Waals surface area contributed by atoms with Crippen LogP contribution < -0.4 is 10.1 Å². The minimum absolute atomic E-state index is 0.165. The zero-order chi connectivity index (χ0) is 20.3. The molecule has 1 aromatic heterocycles. The molecule has 28 heavy (non-hydrogen) atoms. The van der Waals surface area contributed by atoms with Gasteiger partial charge in [0, 0.05) is 43.4 Å². The van der Waals surface area contributed by atoms with Crippen LogP contribution in [0.15, 0.2) is 41.0 Å². The summed E-state index contributed by atoms with van der Waals surface area (Å²) in [7, 11) is 3.37. The van der Waals surface area contributed by atoms with E-state index >= 15 is 0 Å². The number of carbonyl (C=O) groups excluding carboxylic acids is 2. The molecule has 0 spiro atoms. The van der Waals surface area contributed by atoms with Crippen molar-refractivity contribution in [3.8, 4) is 5.88 Å². The summed E-state index contributed by atoms with van der Waals surface area (Å²) in [4.78, 5) is 32.2. The molecule has 7 nitrogen and oxygen atoms in total. The lowest BCUT2D eigenvalue weighted by molar-refractivity contribution is 0.0818. The Balaban J connectivity index is 1.62. The predicted molar refractivity (Wildman–Crippen MR) is 111 cm³/mol. The maximum atomic E-state index is 12.5. The lowest BCUT2D eigenvalue weighted by atomic mass is 10.2. The first-order chi connectivity index (χ1) is 13.3. The van der Waals surface area contributed by atoms with Gasteiger partial charge in [-0.2, -0.15) is 0 Å². The molecule has 0 bridgehead atoms. The van der Waals surface area contributed by atoms with Gasteiger partial charge in [-0.3, -0.25) is 4.79 Å². The minimum atomic E-state index is -0.207. The molecule has 0 radical (unpaired) electrons. The number of aryl methyl sites for hydroxylation is 1. The average Bonchev–Trinajstić information content (AvgIpc) is 3.13. The molecule has 1 aromatic carbocycles. The molecule has 148 valence electrons. The number of nitrogens with one attached hydrogen (secondary N) is 1. The summed E-state index contributed by atoms with van der Waals surface area (Å²) < 4.78 is 6.96. The number of hydrogen-bond acceptors (Lipinski definition) is 4. The Kier molecular flexibility index (Phi) is 6.18. The van der Waals surface area contributed by atoms with Crippen LogP contribution in [0.5, 0.6) is 5.88 Å². The summed E-state index contributed by atoms with van der Waals surface area (Å²) in [5.74, 6) is 0.137. The summed E-state index contributed by atoms with van der Waals surface area (Å²) in [6, 6.07) is 8.91. The number of aromatic nitrogens is 1. The van der Waals surface area contributed by atoms with Crippen LogP contribution in [0.2, 0.25) is 0 Å². The highest BCUT2D eigenvalue weighted by atomic mass is 79.9. The van der Waals surface area contributed by atoms with Crippen molar-refractivity contribution in [3.05, 3.63) is 52.1 Å². The van der Waals surface area contributed by atoms with Gasteiger partial charge in [0.1, 0.15) is 11.7 Å². The molecule has 2 heterocycles. The Labute approximate surface area is 172 Å². The zero-order valence-corrected chi connectivity index (χ0v) is 17.7. The number of ether oxygens (including phenoxy) is 1. The van der Waals surface area contributed by atoms with Crippen LogP contribution in [0.1, 0.15) is 22.3 Å². The number of anilines is 1. The Morgan fingerprint density at radius 1 is 1.32 bits per heavy atom. The van der Waals surface area contributed by atoms with Crippen molar-refractivity contribution in [1.29, 1.82) is 0 Å². The van der Waals surface area contributed by atoms with Gasteiger partial charge < -0.3 is 19.9 Å². The molecule has 1 atom stereocenters. The van der Waals surface area contributed by atoms with E-state index in [0.29, 0.717) is 31.0 Å². The highest BCUT2D eigenvalue weighted by Crippen LogP contribution is 2.23. The van der Waals surface area contributed by atoms with Crippen LogP contribution in [-0.4, -0.2) is 60.0 Å². The second kappa shape index (κ2) is 8.60. The third-order valence-corrected chi connectivity index (χ3v) is 5.42. The third kappa shape index (κ3) is 4.62. The third-order valence-electron chi connectivity index (χ3n) is 4.53. The number of halogens is 1. The summed E-state index contributed by atoms with van der Waals surface area (Å²) >= 11 is 3.45. The molecule has 1 aliphatic rings. The van der Waals surface area contributed by atoms with Gasteiger partial charge in [-0.1, -0.05) is 15.9 Å². The van der Waals surface area contributed by atoms with Crippen molar-refractivity contribution < 1.29 is 14.3 Å². The Morgan fingerprint density at radius 3 is 2.82 bits per heavy atom. The Bertz CT molecular complexity index is 888. The maximum absolute atomic E-state index is 12.5. The van der Waals surface area contributed by atoms with Crippen LogP contribution in [-0.2, 0) is 0 Å². The second-order valence-electron chi connectivity index (χ2n) is 6.92. The summed E-state index contributed by atoms with van der Waals surface area (Å²) in [5, 5.41) is 2.92. The van der Waals surface area contributed by atoms with Crippen LogP contribution in [0.4, 0.5) is 10.5 Å². The lowest BCUT2D eigenvalue weighted by Gasteiger charge is -2.19. The molecule has 1 unspecified atom stereocenters. The second-order valence-corrected chi connectivity index (χ2v) is 7.78. The fourth-order valence-corrected chi connectivity index (χ4v) is 3.23. The van der Waals surface area contributed by atoms with Crippen LogP contribution in [0, 0.1) is 6.92 Å². The normalized spacial score (nSPS) is 16.0. The van der Waals surface area contributed by atoms with Gasteiger partial charge in [-0.05, 0) is 42.8 Å². The van der Waals surface area contributed by atoms with Crippen LogP contribution in [0.3, 0.4) is 0 Å². The van der Waals surface area contributed by atoms with E-state index in [9.17, 15) is 9.59 Å². The molecule has 8 heteroatoms. The Morgan fingerprint density at radius 2 is 2.11 bits per heavy atom. The molecule has 0 aliphatic carbocycles. The van der Waals surface area contributed by atoms with E-state index < -0.39 is 0 Å². The van der Waals surface area contributed by atoms with E-state index in [-0.39, 0.29) is 18.0 Å². The van der Waals surface area contributed by atoms with Crippen molar-refractivity contribution in [2.45, 2.75) is 19.4 Å². The number of pyridine rings is 1. The van der Waals surface area contributed by atoms with Crippen LogP contribution in [0.25, 0.3) is 0 Å². The highest BCUT2D eigenvalue weighted by Gasteiger charge is 2.29. The van der Waals surface area contributed by atoms with Gasteiger partial charge >= 0.3 is 6.03 Å². The van der Waals surface area contributed by atoms with E-state index in [0.717, 1.165) is 15.7 Å². The topological polar surface area (TPSA) is 74.8 Å². The van der Waals surface area contributed by atoms with Gasteiger partial charge in [-0.15, -0.1) is 0 Å². The number of rotatable bonds is 4. The average molecular weight is 447 g/mol. The molecular weight excluding hydrogens is 424 g/mol. The zero-order valence-electron chi connectivity index (χ0n) is 16.1. The monoisotopic (exact) mass is 446 g/mol. The first kappa shape index (κ1) is 20.1. The number of likely N-dealkylation sites (tertiary alicyclic amines) is 1. The first-order valence-corrected chi connectivity index (χ1v) is 9.80. The van der Waals surface area contributed by atoms with Crippen molar-refractivity contribution in [3.63, 3.8) is 0 Å². The van der Waals surface area contributed by atoms with Crippen molar-refractivity contribution in [2.75, 3.05) is 32.5 Å². The molecule has 1 saturated heterocycles. The van der Waals surface area contributed by atoms with E-state index in [1.54, 1.807) is 37.3 Å². The fourth-order valence-electron chi connectivity index (χ4n) is 2.98. The van der Waals surface area contributed by atoms with E-state index in [2.05, 4.69) is 26.2 Å². The number of urea groups is 1. The van der Waals surface area contributed by atoms with Gasteiger partial charge in [0.25, 0.3) is 5.91 Å². The van der Waals surface area contributed by atoms with E-state index in [1.165, 1.54) is 4.90 Å². The number of carbonyl (C=O) groups is 2. The summed E-state index contributed by atoms with van der Waals surface area (Å²) in [6.07, 6.45) is 2.07. The molecule has 3 rings (SSSR count). The molecule has 0 saturated carbocycles. The summed E-state index contributed by atoms with van der Waals surface area (Å²) in [5.41, 5.74) is 2.22. The largest absolute Gasteiger partial charge is 0.472 e. The number of benzene rings is 1. The molecule has 1 aliphatic heterocycles. The quantitative estimate of drug-likeness (QED) is 0.778. The Hall–Kier alpha value is -2.61. The summed E-state index contributed by atoms with van der Waals surface area (Å²) in [6.45, 7) is 2.99. The van der Waals surface area contributed by atoms with Crippen molar-refractivity contribution in [2.24, 2.45) is 0 Å². The number of nitrogens with zero attached hydrogens (tertiary/aromatic N) is 3. The fraction of sp³-hybridized carbons (Fsp3) is 0.350. The number of amides is 3. The first-order valence-electron chi connectivity index (χ1n) is 9.00. The van der Waals surface area contributed by atoms with Gasteiger partial charge in [0.2, 0.25) is 5.88 Å². The van der Waals surface area contributed by atoms with E-state index in [4.69, 9.17) is 4.74 Å². The lowest BCUT2D eigenvalue weighted by Crippen LogP contribution is -2.34. The predicted octanol–water partition coefficient (Wildman–Crippen LogP) is 3.54. The molecule has 1 N–H and O–H groups in total. The maximum Gasteiger partial charge on any atom is 0.321 e. The van der Waals surface area contributed by atoms with Crippen molar-refractivity contribution in [1.82, 2.24) is 14.8 Å². The molecule has 3 amide bonds. The van der Waals surface area contributed by atoms with Crippen molar-refractivity contribution >= 4 is 33.6 Å². The smallest absolute Gasteiger partial charge is 0.321 e. The molecule has 2 aromatic rings. The van der Waals surface area contributed by atoms with Gasteiger partial charge in [0.05, 0.1) is 6.54 Å². The molecular formula is C20H23BrN4O3. The van der Waals surface area contributed by atoms with E-state index in [1.807, 2.05) is 25.1 Å². The molecule has 1 fully saturated rings. The SMILES string of the molecule is Cc1cc(NC(=O)N2CCC(Oc3ncccc3C(=O)N(C)C)C2)ccc1Br. The number of hydrogen-bond donors (Lipinski definition) is 1. The van der Waals surface area contributed by atoms with Crippen LogP contribution >= 0.6 is 15.9 Å². The van der Waals surface area contributed by atoms with Gasteiger partial charge in [-0.25, -0.2) is 9.78 Å². The van der Waals surface area contributed by atoms with Gasteiger partial charge in [0.15, 0.2) is 0 Å².